The molecule has 0 saturated heterocycles. The Hall–Kier alpha value is -1.84. The zero-order valence-electron chi connectivity index (χ0n) is 12.0. The summed E-state index contributed by atoms with van der Waals surface area (Å²) in [5.41, 5.74) is 1.62. The summed E-state index contributed by atoms with van der Waals surface area (Å²) in [6.07, 6.45) is -1.78. The molecule has 1 aliphatic rings. The summed E-state index contributed by atoms with van der Waals surface area (Å²) in [6, 6.07) is 1.84. The van der Waals surface area contributed by atoms with Gasteiger partial charge < -0.3 is 4.90 Å². The maximum atomic E-state index is 12.8. The molecule has 0 spiro atoms. The number of anilines is 1. The molecule has 0 unspecified atom stereocenters. The van der Waals surface area contributed by atoms with Gasteiger partial charge in [0.05, 0.1) is 5.69 Å². The maximum Gasteiger partial charge on any atom is 0.405 e. The number of alkyl halides is 3. The van der Waals surface area contributed by atoms with E-state index in [4.69, 9.17) is 0 Å². The number of nitriles is 1. The molecule has 0 bridgehead atoms. The average molecular weight is 298 g/mol. The fourth-order valence-corrected chi connectivity index (χ4v) is 2.44. The first-order chi connectivity index (χ1) is 9.91. The van der Waals surface area contributed by atoms with Gasteiger partial charge in [-0.1, -0.05) is 13.8 Å². The Morgan fingerprint density at radius 2 is 1.90 bits per heavy atom. The summed E-state index contributed by atoms with van der Waals surface area (Å²) in [5.74, 6) is 0.0753. The fraction of sp³-hybridized carbons (Fsp3) is 0.643. The van der Waals surface area contributed by atoms with E-state index in [0.717, 1.165) is 0 Å². The Balaban J connectivity index is 2.48. The van der Waals surface area contributed by atoms with Crippen molar-refractivity contribution >= 4 is 5.82 Å². The second-order valence-corrected chi connectivity index (χ2v) is 5.12. The third-order valence-corrected chi connectivity index (χ3v) is 3.55. The van der Waals surface area contributed by atoms with Crippen LogP contribution in [0.2, 0.25) is 0 Å². The molecule has 1 aliphatic carbocycles. The van der Waals surface area contributed by atoms with Crippen LogP contribution < -0.4 is 4.90 Å². The number of halogens is 3. The molecule has 0 aliphatic heterocycles. The number of nitrogens with zero attached hydrogens (tertiary/aromatic N) is 4. The van der Waals surface area contributed by atoms with Crippen molar-refractivity contribution in [2.45, 2.75) is 51.7 Å². The van der Waals surface area contributed by atoms with Crippen molar-refractivity contribution in [2.75, 3.05) is 11.4 Å². The van der Waals surface area contributed by atoms with Crippen LogP contribution in [0.5, 0.6) is 0 Å². The second-order valence-electron chi connectivity index (χ2n) is 5.12. The van der Waals surface area contributed by atoms with Gasteiger partial charge >= 0.3 is 6.18 Å². The summed E-state index contributed by atoms with van der Waals surface area (Å²) >= 11 is 0. The van der Waals surface area contributed by atoms with E-state index in [1.165, 1.54) is 4.90 Å². The van der Waals surface area contributed by atoms with Crippen LogP contribution in [0.1, 0.15) is 43.5 Å². The minimum atomic E-state index is -4.33. The number of hydrogen-bond donors (Lipinski definition) is 0. The van der Waals surface area contributed by atoms with Crippen LogP contribution in [-0.4, -0.2) is 29.0 Å². The first kappa shape index (κ1) is 15.5. The second kappa shape index (κ2) is 5.88. The Labute approximate surface area is 121 Å². The van der Waals surface area contributed by atoms with Crippen LogP contribution in [0, 0.1) is 11.3 Å². The minimum absolute atomic E-state index is 0.0753. The van der Waals surface area contributed by atoms with Gasteiger partial charge in [-0.3, -0.25) is 0 Å². The van der Waals surface area contributed by atoms with Gasteiger partial charge in [-0.25, -0.2) is 0 Å². The number of aromatic nitrogens is 2. The zero-order chi connectivity index (χ0) is 15.6. The topological polar surface area (TPSA) is 52.8 Å². The molecule has 0 radical (unpaired) electrons. The molecule has 1 saturated carbocycles. The lowest BCUT2D eigenvalue weighted by molar-refractivity contribution is -0.120. The third-order valence-electron chi connectivity index (χ3n) is 3.55. The third kappa shape index (κ3) is 3.43. The van der Waals surface area contributed by atoms with Crippen LogP contribution in [0.4, 0.5) is 19.0 Å². The standard InChI is InChI=1S/C14H17F3N4/c1-3-10-11(7-18)13(20-19-12(10)4-2)21(9-5-6-9)8-14(15,16)17/h9H,3-6,8H2,1-2H3. The Morgan fingerprint density at radius 3 is 2.33 bits per heavy atom. The molecule has 21 heavy (non-hydrogen) atoms. The van der Waals surface area contributed by atoms with E-state index >= 15 is 0 Å². The molecule has 1 aromatic heterocycles. The van der Waals surface area contributed by atoms with Gasteiger partial charge in [0.15, 0.2) is 5.82 Å². The van der Waals surface area contributed by atoms with Gasteiger partial charge in [0, 0.05) is 6.04 Å². The van der Waals surface area contributed by atoms with Gasteiger partial charge in [0.25, 0.3) is 0 Å². The number of aryl methyl sites for hydroxylation is 1. The van der Waals surface area contributed by atoms with Crippen LogP contribution in [-0.2, 0) is 12.8 Å². The van der Waals surface area contributed by atoms with Crippen molar-refractivity contribution < 1.29 is 13.2 Å². The molecule has 0 N–H and O–H groups in total. The van der Waals surface area contributed by atoms with E-state index in [0.29, 0.717) is 36.9 Å². The highest BCUT2D eigenvalue weighted by Gasteiger charge is 2.40. The lowest BCUT2D eigenvalue weighted by Crippen LogP contribution is -2.37. The van der Waals surface area contributed by atoms with Crippen molar-refractivity contribution in [2.24, 2.45) is 0 Å². The zero-order valence-corrected chi connectivity index (χ0v) is 12.0. The lowest BCUT2D eigenvalue weighted by Gasteiger charge is -2.26. The first-order valence-corrected chi connectivity index (χ1v) is 7.03. The fourth-order valence-electron chi connectivity index (χ4n) is 2.44. The molecule has 0 aromatic carbocycles. The monoisotopic (exact) mass is 298 g/mol. The molecule has 0 amide bonds. The summed E-state index contributed by atoms with van der Waals surface area (Å²) < 4.78 is 38.3. The van der Waals surface area contributed by atoms with E-state index in [1.54, 1.807) is 0 Å². The molecule has 7 heteroatoms. The molecule has 1 fully saturated rings. The Bertz CT molecular complexity index is 559. The van der Waals surface area contributed by atoms with Crippen LogP contribution in [0.15, 0.2) is 0 Å². The largest absolute Gasteiger partial charge is 0.405 e. The summed E-state index contributed by atoms with van der Waals surface area (Å²) in [7, 11) is 0. The average Bonchev–Trinajstić information content (AvgIpc) is 3.26. The Kier molecular flexibility index (Phi) is 4.35. The quantitative estimate of drug-likeness (QED) is 0.838. The number of hydrogen-bond acceptors (Lipinski definition) is 4. The van der Waals surface area contributed by atoms with Gasteiger partial charge in [0.1, 0.15) is 18.2 Å². The van der Waals surface area contributed by atoms with E-state index < -0.39 is 12.7 Å². The summed E-state index contributed by atoms with van der Waals surface area (Å²) in [4.78, 5) is 1.18. The van der Waals surface area contributed by atoms with E-state index in [2.05, 4.69) is 10.2 Å². The van der Waals surface area contributed by atoms with Gasteiger partial charge in [0.2, 0.25) is 0 Å². The first-order valence-electron chi connectivity index (χ1n) is 7.03. The predicted molar refractivity (Wildman–Crippen MR) is 71.9 cm³/mol. The van der Waals surface area contributed by atoms with E-state index in [1.807, 2.05) is 19.9 Å². The predicted octanol–water partition coefficient (Wildman–Crippen LogP) is 3.00. The SMILES string of the molecule is CCc1nnc(N(CC(F)(F)F)C2CC2)c(C#N)c1CC. The molecule has 0 atom stereocenters. The van der Waals surface area contributed by atoms with Crippen LogP contribution in [0.25, 0.3) is 0 Å². The minimum Gasteiger partial charge on any atom is -0.342 e. The van der Waals surface area contributed by atoms with E-state index in [-0.39, 0.29) is 17.4 Å². The molecule has 1 heterocycles. The highest BCUT2D eigenvalue weighted by Crippen LogP contribution is 2.35. The number of rotatable bonds is 5. The summed E-state index contributed by atoms with van der Waals surface area (Å²) in [5, 5.41) is 17.3. The smallest absolute Gasteiger partial charge is 0.342 e. The van der Waals surface area contributed by atoms with Crippen molar-refractivity contribution in [3.05, 3.63) is 16.8 Å². The highest BCUT2D eigenvalue weighted by molar-refractivity contribution is 5.59. The van der Waals surface area contributed by atoms with Gasteiger partial charge in [-0.15, -0.1) is 5.10 Å². The van der Waals surface area contributed by atoms with Crippen molar-refractivity contribution in [1.29, 1.82) is 5.26 Å². The maximum absolute atomic E-state index is 12.8. The van der Waals surface area contributed by atoms with Crippen molar-refractivity contribution in [1.82, 2.24) is 10.2 Å². The van der Waals surface area contributed by atoms with Crippen LogP contribution >= 0.6 is 0 Å². The van der Waals surface area contributed by atoms with Gasteiger partial charge in [-0.2, -0.15) is 23.5 Å². The molecular formula is C14H17F3N4. The van der Waals surface area contributed by atoms with Crippen molar-refractivity contribution in [3.8, 4) is 6.07 Å². The molecule has 114 valence electrons. The molecule has 1 aromatic rings. The molecular weight excluding hydrogens is 281 g/mol. The lowest BCUT2D eigenvalue weighted by atomic mass is 10.0. The highest BCUT2D eigenvalue weighted by atomic mass is 19.4. The Morgan fingerprint density at radius 1 is 1.24 bits per heavy atom. The summed E-state index contributed by atoms with van der Waals surface area (Å²) in [6.45, 7) is 2.67. The normalized spacial score (nSPS) is 14.9. The molecule has 2 rings (SSSR count). The van der Waals surface area contributed by atoms with Gasteiger partial charge in [-0.05, 0) is 31.2 Å². The van der Waals surface area contributed by atoms with Crippen molar-refractivity contribution in [3.63, 3.8) is 0 Å². The molecule has 4 nitrogen and oxygen atoms in total. The van der Waals surface area contributed by atoms with E-state index in [9.17, 15) is 18.4 Å². The van der Waals surface area contributed by atoms with Crippen LogP contribution in [0.3, 0.4) is 0 Å².